The normalized spacial score (nSPS) is 11.6. The molecule has 19 heavy (non-hydrogen) atoms. The quantitative estimate of drug-likeness (QED) is 0.728. The molecule has 1 heterocycles. The van der Waals surface area contributed by atoms with E-state index in [1.54, 1.807) is 19.2 Å². The average Bonchev–Trinajstić information content (AvgIpc) is 2.28. The summed E-state index contributed by atoms with van der Waals surface area (Å²) in [7, 11) is -3.23. The van der Waals surface area contributed by atoms with Crippen molar-refractivity contribution in [2.75, 3.05) is 24.2 Å². The van der Waals surface area contributed by atoms with Gasteiger partial charge in [0.05, 0.1) is 11.9 Å². The van der Waals surface area contributed by atoms with Gasteiger partial charge in [0.15, 0.2) is 0 Å². The van der Waals surface area contributed by atoms with Crippen molar-refractivity contribution in [3.8, 4) is 5.88 Å². The van der Waals surface area contributed by atoms with Crippen molar-refractivity contribution < 1.29 is 13.2 Å². The Morgan fingerprint density at radius 2 is 2.16 bits per heavy atom. The third-order valence-electron chi connectivity index (χ3n) is 2.00. The van der Waals surface area contributed by atoms with Crippen LogP contribution < -0.4 is 14.8 Å². The summed E-state index contributed by atoms with van der Waals surface area (Å²) in [5.41, 5.74) is 0. The first-order valence-electron chi connectivity index (χ1n) is 6.14. The molecule has 0 aliphatic heterocycles. The minimum absolute atomic E-state index is 0.0249. The van der Waals surface area contributed by atoms with E-state index in [2.05, 4.69) is 20.0 Å². The summed E-state index contributed by atoms with van der Waals surface area (Å²) in [5, 5.41) is 2.85. The molecule has 0 radical (unpaired) electrons. The molecule has 1 aromatic heterocycles. The molecule has 0 atom stereocenters. The van der Waals surface area contributed by atoms with Crippen molar-refractivity contribution in [1.29, 1.82) is 0 Å². The Morgan fingerprint density at radius 3 is 2.79 bits per heavy atom. The van der Waals surface area contributed by atoms with Crippen LogP contribution in [0.25, 0.3) is 0 Å². The van der Waals surface area contributed by atoms with Gasteiger partial charge in [-0.25, -0.2) is 18.1 Å². The number of hydrogen-bond donors (Lipinski definition) is 2. The smallest absolute Gasteiger partial charge is 0.225 e. The molecule has 2 N–H and O–H groups in total. The van der Waals surface area contributed by atoms with Crippen molar-refractivity contribution in [2.24, 2.45) is 0 Å². The first-order chi connectivity index (χ1) is 8.93. The Morgan fingerprint density at radius 1 is 1.42 bits per heavy atom. The fourth-order valence-corrected chi connectivity index (χ4v) is 2.28. The number of anilines is 1. The number of hydrogen-bond acceptors (Lipinski definition) is 6. The van der Waals surface area contributed by atoms with Crippen LogP contribution >= 0.6 is 0 Å². The summed E-state index contributed by atoms with van der Waals surface area (Å²) in [4.78, 5) is 8.11. The van der Waals surface area contributed by atoms with E-state index in [0.717, 1.165) is 0 Å². The van der Waals surface area contributed by atoms with Crippen LogP contribution in [-0.2, 0) is 10.0 Å². The second kappa shape index (κ2) is 7.25. The molecule has 0 saturated heterocycles. The van der Waals surface area contributed by atoms with Crippen LogP contribution in [-0.4, -0.2) is 43.3 Å². The molecule has 0 aliphatic rings. The topological polar surface area (TPSA) is 93.2 Å². The molecule has 0 bridgehead atoms. The molecular weight excluding hydrogens is 268 g/mol. The maximum atomic E-state index is 11.4. The van der Waals surface area contributed by atoms with Gasteiger partial charge in [-0.15, -0.1) is 0 Å². The highest BCUT2D eigenvalue weighted by Gasteiger charge is 2.08. The second-order valence-electron chi connectivity index (χ2n) is 4.13. The molecular formula is C11H20N4O3S. The van der Waals surface area contributed by atoms with Crippen LogP contribution in [0.3, 0.4) is 0 Å². The van der Waals surface area contributed by atoms with E-state index in [1.165, 1.54) is 0 Å². The fraction of sp³-hybridized carbons (Fsp3) is 0.636. The van der Waals surface area contributed by atoms with Gasteiger partial charge in [0.25, 0.3) is 0 Å². The summed E-state index contributed by atoms with van der Waals surface area (Å²) in [6, 6.07) is 1.65. The minimum Gasteiger partial charge on any atom is -0.475 e. The SMILES string of the molecule is CCNS(=O)(=O)CCNc1nccc(OC(C)C)n1. The van der Waals surface area contributed by atoms with Crippen molar-refractivity contribution in [1.82, 2.24) is 14.7 Å². The van der Waals surface area contributed by atoms with Crippen molar-refractivity contribution >= 4 is 16.0 Å². The van der Waals surface area contributed by atoms with Crippen LogP contribution in [0.4, 0.5) is 5.95 Å². The van der Waals surface area contributed by atoms with Gasteiger partial charge >= 0.3 is 0 Å². The van der Waals surface area contributed by atoms with Gasteiger partial charge in [-0.2, -0.15) is 4.98 Å². The van der Waals surface area contributed by atoms with Crippen LogP contribution in [0.2, 0.25) is 0 Å². The molecule has 0 aromatic carbocycles. The van der Waals surface area contributed by atoms with Crippen LogP contribution in [0, 0.1) is 0 Å². The summed E-state index contributed by atoms with van der Waals surface area (Å²) < 4.78 is 30.7. The maximum absolute atomic E-state index is 11.4. The molecule has 1 rings (SSSR count). The zero-order valence-electron chi connectivity index (χ0n) is 11.4. The van der Waals surface area contributed by atoms with Crippen LogP contribution in [0.15, 0.2) is 12.3 Å². The Kier molecular flexibility index (Phi) is 5.97. The maximum Gasteiger partial charge on any atom is 0.225 e. The van der Waals surface area contributed by atoms with Gasteiger partial charge in [0, 0.05) is 25.4 Å². The van der Waals surface area contributed by atoms with E-state index in [4.69, 9.17) is 4.74 Å². The first kappa shape index (κ1) is 15.6. The molecule has 108 valence electrons. The number of sulfonamides is 1. The van der Waals surface area contributed by atoms with E-state index < -0.39 is 10.0 Å². The van der Waals surface area contributed by atoms with E-state index >= 15 is 0 Å². The number of ether oxygens (including phenoxy) is 1. The van der Waals surface area contributed by atoms with Crippen LogP contribution in [0.1, 0.15) is 20.8 Å². The Labute approximate surface area is 113 Å². The van der Waals surface area contributed by atoms with Gasteiger partial charge in [-0.3, -0.25) is 0 Å². The van der Waals surface area contributed by atoms with E-state index in [9.17, 15) is 8.42 Å². The van der Waals surface area contributed by atoms with Gasteiger partial charge in [-0.1, -0.05) is 6.92 Å². The zero-order valence-corrected chi connectivity index (χ0v) is 12.2. The Bertz CT molecular complexity index is 490. The highest BCUT2D eigenvalue weighted by atomic mass is 32.2. The predicted molar refractivity (Wildman–Crippen MR) is 73.7 cm³/mol. The highest BCUT2D eigenvalue weighted by Crippen LogP contribution is 2.09. The third kappa shape index (κ3) is 6.35. The first-order valence-corrected chi connectivity index (χ1v) is 7.79. The third-order valence-corrected chi connectivity index (χ3v) is 3.47. The van der Waals surface area contributed by atoms with Crippen molar-refractivity contribution in [3.05, 3.63) is 12.3 Å². The molecule has 1 aromatic rings. The Hall–Kier alpha value is -1.41. The van der Waals surface area contributed by atoms with Gasteiger partial charge in [0.1, 0.15) is 0 Å². The van der Waals surface area contributed by atoms with Gasteiger partial charge in [-0.05, 0) is 13.8 Å². The monoisotopic (exact) mass is 288 g/mol. The van der Waals surface area contributed by atoms with E-state index in [-0.39, 0.29) is 18.4 Å². The molecule has 0 spiro atoms. The van der Waals surface area contributed by atoms with E-state index in [1.807, 2.05) is 13.8 Å². The lowest BCUT2D eigenvalue weighted by Crippen LogP contribution is -2.29. The molecule has 0 unspecified atom stereocenters. The van der Waals surface area contributed by atoms with Crippen LogP contribution in [0.5, 0.6) is 5.88 Å². The molecule has 8 heteroatoms. The lowest BCUT2D eigenvalue weighted by molar-refractivity contribution is 0.232. The summed E-state index contributed by atoms with van der Waals surface area (Å²) in [5.74, 6) is 0.784. The fourth-order valence-electron chi connectivity index (χ4n) is 1.32. The van der Waals surface area contributed by atoms with Gasteiger partial charge < -0.3 is 10.1 Å². The largest absolute Gasteiger partial charge is 0.475 e. The summed E-state index contributed by atoms with van der Waals surface area (Å²) in [6.07, 6.45) is 1.59. The van der Waals surface area contributed by atoms with E-state index in [0.29, 0.717) is 18.4 Å². The Balaban J connectivity index is 2.49. The van der Waals surface area contributed by atoms with Crippen molar-refractivity contribution in [2.45, 2.75) is 26.9 Å². The number of nitrogens with one attached hydrogen (secondary N) is 2. The predicted octanol–water partition coefficient (Wildman–Crippen LogP) is 0.615. The molecule has 0 aliphatic carbocycles. The molecule has 0 fully saturated rings. The number of nitrogens with zero attached hydrogens (tertiary/aromatic N) is 2. The summed E-state index contributed by atoms with van der Waals surface area (Å²) in [6.45, 7) is 6.16. The average molecular weight is 288 g/mol. The standard InChI is InChI=1S/C11H20N4O3S/c1-4-14-19(16,17)8-7-13-11-12-6-5-10(15-11)18-9(2)3/h5-6,9,14H,4,7-8H2,1-3H3,(H,12,13,15). The summed E-state index contributed by atoms with van der Waals surface area (Å²) >= 11 is 0. The minimum atomic E-state index is -3.23. The molecule has 0 saturated carbocycles. The molecule has 0 amide bonds. The lowest BCUT2D eigenvalue weighted by Gasteiger charge is -2.10. The highest BCUT2D eigenvalue weighted by molar-refractivity contribution is 7.89. The lowest BCUT2D eigenvalue weighted by atomic mass is 10.5. The number of rotatable bonds is 8. The van der Waals surface area contributed by atoms with Gasteiger partial charge in [0.2, 0.25) is 21.9 Å². The van der Waals surface area contributed by atoms with Crippen molar-refractivity contribution in [3.63, 3.8) is 0 Å². The molecule has 7 nitrogen and oxygen atoms in total. The number of aromatic nitrogens is 2. The zero-order chi connectivity index (χ0) is 14.3. The second-order valence-corrected chi connectivity index (χ2v) is 6.06.